The first-order valence-electron chi connectivity index (χ1n) is 9.30. The number of anilines is 1. The lowest BCUT2D eigenvalue weighted by molar-refractivity contribution is -0.120. The Hall–Kier alpha value is -2.45. The van der Waals surface area contributed by atoms with E-state index in [0.717, 1.165) is 6.54 Å². The summed E-state index contributed by atoms with van der Waals surface area (Å²) in [5, 5.41) is 2.32. The summed E-state index contributed by atoms with van der Waals surface area (Å²) in [6.07, 6.45) is 0.226. The number of imide groups is 1. The molecular weight excluding hydrogens is 348 g/mol. The molecule has 8 heteroatoms. The summed E-state index contributed by atoms with van der Waals surface area (Å²) in [4.78, 5) is 42.7. The highest BCUT2D eigenvalue weighted by Gasteiger charge is 2.35. The fourth-order valence-electron chi connectivity index (χ4n) is 4.07. The predicted octanol–water partition coefficient (Wildman–Crippen LogP) is 0.536. The Labute approximate surface area is 158 Å². The molecule has 8 nitrogen and oxygen atoms in total. The normalized spacial score (nSPS) is 26.6. The van der Waals surface area contributed by atoms with Crippen LogP contribution in [0.5, 0.6) is 0 Å². The largest absolute Gasteiger partial charge is 0.379 e. The minimum Gasteiger partial charge on any atom is -0.379 e. The minimum absolute atomic E-state index is 0.0810. The van der Waals surface area contributed by atoms with E-state index in [2.05, 4.69) is 17.3 Å². The quantitative estimate of drug-likeness (QED) is 0.819. The van der Waals surface area contributed by atoms with E-state index in [9.17, 15) is 14.4 Å². The van der Waals surface area contributed by atoms with Gasteiger partial charge >= 0.3 is 6.03 Å². The topological polar surface area (TPSA) is 82.2 Å². The van der Waals surface area contributed by atoms with E-state index in [0.29, 0.717) is 37.6 Å². The van der Waals surface area contributed by atoms with Crippen molar-refractivity contribution >= 4 is 23.5 Å². The summed E-state index contributed by atoms with van der Waals surface area (Å²) in [7, 11) is 2.07. The number of carbonyl (C=O) groups is 3. The van der Waals surface area contributed by atoms with E-state index in [1.807, 2.05) is 4.90 Å². The Balaban J connectivity index is 1.61. The molecule has 3 aliphatic heterocycles. The Morgan fingerprint density at radius 3 is 2.78 bits per heavy atom. The second-order valence-electron chi connectivity index (χ2n) is 7.48. The van der Waals surface area contributed by atoms with Crippen molar-refractivity contribution in [2.75, 3.05) is 51.3 Å². The molecule has 1 N–H and O–H groups in total. The summed E-state index contributed by atoms with van der Waals surface area (Å²) in [5.41, 5.74) is 1.04. The zero-order valence-electron chi connectivity index (χ0n) is 15.4. The maximum atomic E-state index is 13.4. The fraction of sp³-hybridized carbons (Fsp3) is 0.526. The number of para-hydroxylation sites is 1. The van der Waals surface area contributed by atoms with Crippen molar-refractivity contribution in [1.82, 2.24) is 15.1 Å². The van der Waals surface area contributed by atoms with Gasteiger partial charge in [-0.25, -0.2) is 4.79 Å². The first kappa shape index (κ1) is 17.9. The van der Waals surface area contributed by atoms with Gasteiger partial charge in [-0.2, -0.15) is 0 Å². The van der Waals surface area contributed by atoms with Crippen molar-refractivity contribution in [3.05, 3.63) is 29.8 Å². The number of amides is 4. The van der Waals surface area contributed by atoms with Crippen molar-refractivity contribution in [2.45, 2.75) is 12.5 Å². The summed E-state index contributed by atoms with van der Waals surface area (Å²) in [5.74, 6) is -0.0968. The van der Waals surface area contributed by atoms with Crippen LogP contribution >= 0.6 is 0 Å². The summed E-state index contributed by atoms with van der Waals surface area (Å²) < 4.78 is 5.74. The molecule has 2 bridgehead atoms. The number of carbonyl (C=O) groups excluding carboxylic acids is 3. The van der Waals surface area contributed by atoms with Gasteiger partial charge in [-0.15, -0.1) is 0 Å². The van der Waals surface area contributed by atoms with Gasteiger partial charge in [0, 0.05) is 38.5 Å². The molecular formula is C19H24N4O4. The lowest BCUT2D eigenvalue weighted by Gasteiger charge is -2.32. The van der Waals surface area contributed by atoms with Crippen LogP contribution in [0.3, 0.4) is 0 Å². The smallest absolute Gasteiger partial charge is 0.328 e. The molecule has 3 saturated heterocycles. The number of benzene rings is 1. The number of nitrogens with zero attached hydrogens (tertiary/aromatic N) is 3. The van der Waals surface area contributed by atoms with Crippen LogP contribution in [-0.2, 0) is 9.53 Å². The molecule has 2 atom stereocenters. The maximum Gasteiger partial charge on any atom is 0.328 e. The number of ether oxygens (including phenoxy) is 1. The maximum absolute atomic E-state index is 13.4. The van der Waals surface area contributed by atoms with Gasteiger partial charge in [0.1, 0.15) is 0 Å². The Morgan fingerprint density at radius 2 is 1.96 bits per heavy atom. The van der Waals surface area contributed by atoms with Crippen LogP contribution in [0.1, 0.15) is 16.8 Å². The molecule has 144 valence electrons. The van der Waals surface area contributed by atoms with Crippen molar-refractivity contribution in [2.24, 2.45) is 5.92 Å². The van der Waals surface area contributed by atoms with Crippen LogP contribution in [0.25, 0.3) is 0 Å². The first-order chi connectivity index (χ1) is 13.0. The molecule has 0 unspecified atom stereocenters. The zero-order valence-corrected chi connectivity index (χ0v) is 15.4. The molecule has 1 aromatic rings. The monoisotopic (exact) mass is 372 g/mol. The standard InChI is InChI=1S/C19H24N4O4/c1-21-8-13-9-22(10-14(21)12-27-11-13)18(25)15-4-2-3-5-16(15)23-7-6-17(24)20-19(23)26/h2-5,13-14H,6-12H2,1H3,(H,20,24,26)/t13-,14+/m1/s1. The number of rotatable bonds is 2. The lowest BCUT2D eigenvalue weighted by atomic mass is 10.1. The van der Waals surface area contributed by atoms with E-state index < -0.39 is 6.03 Å². The van der Waals surface area contributed by atoms with Gasteiger partial charge in [0.05, 0.1) is 30.5 Å². The zero-order chi connectivity index (χ0) is 19.0. The second-order valence-corrected chi connectivity index (χ2v) is 7.48. The molecule has 3 aliphatic rings. The molecule has 3 heterocycles. The van der Waals surface area contributed by atoms with Gasteiger partial charge in [-0.05, 0) is 19.2 Å². The first-order valence-corrected chi connectivity index (χ1v) is 9.30. The van der Waals surface area contributed by atoms with E-state index in [1.54, 1.807) is 24.3 Å². The summed E-state index contributed by atoms with van der Waals surface area (Å²) >= 11 is 0. The molecule has 27 heavy (non-hydrogen) atoms. The Kier molecular flexibility index (Phi) is 4.84. The number of nitrogens with one attached hydrogen (secondary N) is 1. The average molecular weight is 372 g/mol. The molecule has 0 aromatic heterocycles. The van der Waals surface area contributed by atoms with Gasteiger partial charge in [-0.3, -0.25) is 24.7 Å². The molecule has 3 fully saturated rings. The highest BCUT2D eigenvalue weighted by atomic mass is 16.5. The van der Waals surface area contributed by atoms with Gasteiger partial charge < -0.3 is 9.64 Å². The summed E-state index contributed by atoms with van der Waals surface area (Å²) in [6, 6.07) is 6.81. The van der Waals surface area contributed by atoms with Crippen LogP contribution < -0.4 is 10.2 Å². The van der Waals surface area contributed by atoms with Crippen LogP contribution in [0.4, 0.5) is 10.5 Å². The highest BCUT2D eigenvalue weighted by molar-refractivity contribution is 6.09. The molecule has 1 aromatic carbocycles. The summed E-state index contributed by atoms with van der Waals surface area (Å²) in [6.45, 7) is 3.70. The van der Waals surface area contributed by atoms with E-state index in [1.165, 1.54) is 4.90 Å². The molecule has 0 saturated carbocycles. The van der Waals surface area contributed by atoms with Gasteiger partial charge in [0.15, 0.2) is 0 Å². The van der Waals surface area contributed by atoms with Crippen LogP contribution in [0, 0.1) is 5.92 Å². The van der Waals surface area contributed by atoms with Crippen LogP contribution in [0.15, 0.2) is 24.3 Å². The van der Waals surface area contributed by atoms with Crippen LogP contribution in [-0.4, -0.2) is 80.1 Å². The minimum atomic E-state index is -0.479. The second kappa shape index (κ2) is 7.28. The SMILES string of the molecule is CN1C[C@H]2COC[C@@H]1CN(C(=O)c1ccccc1N1CCC(=O)NC1=O)C2. The molecule has 4 amide bonds. The number of urea groups is 1. The highest BCUT2D eigenvalue weighted by Crippen LogP contribution is 2.26. The molecule has 0 aliphatic carbocycles. The van der Waals surface area contributed by atoms with Crippen molar-refractivity contribution in [3.8, 4) is 0 Å². The predicted molar refractivity (Wildman–Crippen MR) is 98.6 cm³/mol. The van der Waals surface area contributed by atoms with Gasteiger partial charge in [0.2, 0.25) is 5.91 Å². The molecule has 0 radical (unpaired) electrons. The van der Waals surface area contributed by atoms with E-state index in [4.69, 9.17) is 4.74 Å². The third kappa shape index (κ3) is 3.54. The number of likely N-dealkylation sites (N-methyl/N-ethyl adjacent to an activating group) is 1. The van der Waals surface area contributed by atoms with Crippen molar-refractivity contribution in [3.63, 3.8) is 0 Å². The number of fused-ring (bicyclic) bond motifs is 3. The number of hydrogen-bond donors (Lipinski definition) is 1. The van der Waals surface area contributed by atoms with Gasteiger partial charge in [-0.1, -0.05) is 12.1 Å². The van der Waals surface area contributed by atoms with Crippen molar-refractivity contribution < 1.29 is 19.1 Å². The van der Waals surface area contributed by atoms with Gasteiger partial charge in [0.25, 0.3) is 5.91 Å². The Morgan fingerprint density at radius 1 is 1.15 bits per heavy atom. The molecule has 0 spiro atoms. The molecule has 4 rings (SSSR count). The number of hydrogen-bond acceptors (Lipinski definition) is 5. The fourth-order valence-corrected chi connectivity index (χ4v) is 4.07. The van der Waals surface area contributed by atoms with Crippen LogP contribution in [0.2, 0.25) is 0 Å². The lowest BCUT2D eigenvalue weighted by Crippen LogP contribution is -2.50. The van der Waals surface area contributed by atoms with E-state index >= 15 is 0 Å². The van der Waals surface area contributed by atoms with Crippen molar-refractivity contribution in [1.29, 1.82) is 0 Å². The third-order valence-corrected chi connectivity index (χ3v) is 5.51. The average Bonchev–Trinajstić information content (AvgIpc) is 2.90. The Bertz CT molecular complexity index is 768. The van der Waals surface area contributed by atoms with E-state index in [-0.39, 0.29) is 36.7 Å². The third-order valence-electron chi connectivity index (χ3n) is 5.51.